The van der Waals surface area contributed by atoms with Crippen molar-refractivity contribution in [2.45, 2.75) is 32.5 Å². The first kappa shape index (κ1) is 15.9. The predicted octanol–water partition coefficient (Wildman–Crippen LogP) is 5.21. The molecule has 1 heterocycles. The van der Waals surface area contributed by atoms with E-state index in [2.05, 4.69) is 15.9 Å². The van der Waals surface area contributed by atoms with E-state index in [0.29, 0.717) is 10.8 Å². The fourth-order valence-electron chi connectivity index (χ4n) is 1.80. The fourth-order valence-corrected chi connectivity index (χ4v) is 2.39. The molecule has 7 heteroatoms. The molecule has 2 aromatic rings. The number of alkyl halides is 3. The number of hydrogen-bond acceptors (Lipinski definition) is 2. The molecule has 0 fully saturated rings. The number of carbonyl (C=O) groups is 1. The molecule has 0 atom stereocenters. The molecule has 0 N–H and O–H groups in total. The SMILES string of the molecule is CC(C)(C)OC(=O)n1cc2cc(Br)c(C(F)(F)F)cc2c1. The van der Waals surface area contributed by atoms with E-state index in [1.54, 1.807) is 20.8 Å². The van der Waals surface area contributed by atoms with E-state index in [4.69, 9.17) is 4.74 Å². The summed E-state index contributed by atoms with van der Waals surface area (Å²) in [6.07, 6.45) is -2.33. The van der Waals surface area contributed by atoms with Crippen LogP contribution in [-0.4, -0.2) is 16.3 Å². The highest BCUT2D eigenvalue weighted by Gasteiger charge is 2.33. The maximum atomic E-state index is 12.8. The van der Waals surface area contributed by atoms with E-state index in [-0.39, 0.29) is 4.47 Å². The minimum Gasteiger partial charge on any atom is -0.443 e. The highest BCUT2D eigenvalue weighted by molar-refractivity contribution is 9.10. The molecule has 0 aliphatic rings. The van der Waals surface area contributed by atoms with Gasteiger partial charge in [-0.25, -0.2) is 4.79 Å². The number of rotatable bonds is 0. The summed E-state index contributed by atoms with van der Waals surface area (Å²) < 4.78 is 44.8. The Morgan fingerprint density at radius 3 is 2.14 bits per heavy atom. The summed E-state index contributed by atoms with van der Waals surface area (Å²) in [6.45, 7) is 5.14. The molecule has 0 radical (unpaired) electrons. The van der Waals surface area contributed by atoms with E-state index in [1.165, 1.54) is 18.5 Å². The van der Waals surface area contributed by atoms with Crippen LogP contribution in [-0.2, 0) is 10.9 Å². The monoisotopic (exact) mass is 363 g/mol. The molecule has 0 bridgehead atoms. The molecule has 114 valence electrons. The van der Waals surface area contributed by atoms with Crippen LogP contribution in [0.25, 0.3) is 10.8 Å². The van der Waals surface area contributed by atoms with Gasteiger partial charge in [0.15, 0.2) is 0 Å². The Bertz CT molecular complexity index is 699. The van der Waals surface area contributed by atoms with E-state index in [1.807, 2.05) is 0 Å². The lowest BCUT2D eigenvalue weighted by molar-refractivity contribution is -0.138. The van der Waals surface area contributed by atoms with Crippen LogP contribution >= 0.6 is 15.9 Å². The molecule has 0 saturated carbocycles. The minimum absolute atomic E-state index is 0.0653. The third-order valence-corrected chi connectivity index (χ3v) is 3.29. The first-order valence-corrected chi connectivity index (χ1v) is 6.88. The Labute approximate surface area is 127 Å². The Balaban J connectivity index is 2.45. The van der Waals surface area contributed by atoms with Crippen LogP contribution in [0.15, 0.2) is 29.0 Å². The van der Waals surface area contributed by atoms with Gasteiger partial charge in [0.05, 0.1) is 5.56 Å². The first-order chi connectivity index (χ1) is 9.47. The topological polar surface area (TPSA) is 31.2 Å². The van der Waals surface area contributed by atoms with E-state index >= 15 is 0 Å². The maximum absolute atomic E-state index is 12.8. The van der Waals surface area contributed by atoms with Crippen LogP contribution in [0, 0.1) is 0 Å². The van der Waals surface area contributed by atoms with Crippen molar-refractivity contribution >= 4 is 32.8 Å². The van der Waals surface area contributed by atoms with Crippen molar-refractivity contribution in [1.82, 2.24) is 4.57 Å². The van der Waals surface area contributed by atoms with Gasteiger partial charge < -0.3 is 4.74 Å². The second-order valence-corrected chi connectivity index (χ2v) is 6.46. The molecule has 3 nitrogen and oxygen atoms in total. The Kier molecular flexibility index (Phi) is 3.82. The van der Waals surface area contributed by atoms with Gasteiger partial charge in [-0.15, -0.1) is 0 Å². The number of hydrogen-bond donors (Lipinski definition) is 0. The molecule has 1 aromatic heterocycles. The van der Waals surface area contributed by atoms with Gasteiger partial charge in [0.1, 0.15) is 5.60 Å². The molecule has 0 spiro atoms. The highest BCUT2D eigenvalue weighted by atomic mass is 79.9. The van der Waals surface area contributed by atoms with Crippen molar-refractivity contribution in [2.24, 2.45) is 0 Å². The molecule has 1 aromatic carbocycles. The summed E-state index contributed by atoms with van der Waals surface area (Å²) in [7, 11) is 0. The predicted molar refractivity (Wildman–Crippen MR) is 76.3 cm³/mol. The van der Waals surface area contributed by atoms with Crippen molar-refractivity contribution in [3.05, 3.63) is 34.6 Å². The molecular weight excluding hydrogens is 351 g/mol. The van der Waals surface area contributed by atoms with Crippen molar-refractivity contribution in [3.8, 4) is 0 Å². The maximum Gasteiger partial charge on any atom is 0.418 e. The summed E-state index contributed by atoms with van der Waals surface area (Å²) in [5, 5.41) is 0.831. The lowest BCUT2D eigenvalue weighted by Gasteiger charge is -2.19. The van der Waals surface area contributed by atoms with Crippen molar-refractivity contribution < 1.29 is 22.7 Å². The Morgan fingerprint density at radius 2 is 1.67 bits per heavy atom. The zero-order valence-corrected chi connectivity index (χ0v) is 13.2. The van der Waals surface area contributed by atoms with Crippen LogP contribution in [0.1, 0.15) is 26.3 Å². The van der Waals surface area contributed by atoms with Gasteiger partial charge in [0, 0.05) is 27.6 Å². The third-order valence-electron chi connectivity index (χ3n) is 2.64. The fraction of sp³-hybridized carbons (Fsp3) is 0.357. The summed E-state index contributed by atoms with van der Waals surface area (Å²) >= 11 is 2.90. The number of nitrogens with zero attached hydrogens (tertiary/aromatic N) is 1. The van der Waals surface area contributed by atoms with Gasteiger partial charge in [-0.3, -0.25) is 4.57 Å². The average Bonchev–Trinajstić information content (AvgIpc) is 2.66. The summed E-state index contributed by atoms with van der Waals surface area (Å²) in [6, 6.07) is 2.33. The van der Waals surface area contributed by atoms with Gasteiger partial charge in [-0.05, 0) is 32.9 Å². The molecule has 0 aliphatic heterocycles. The summed E-state index contributed by atoms with van der Waals surface area (Å²) in [5.74, 6) is 0. The summed E-state index contributed by atoms with van der Waals surface area (Å²) in [4.78, 5) is 11.9. The molecule has 0 aliphatic carbocycles. The lowest BCUT2D eigenvalue weighted by atomic mass is 10.1. The standard InChI is InChI=1S/C14H13BrF3NO2/c1-13(2,3)21-12(20)19-6-8-4-10(14(16,17)18)11(15)5-9(8)7-19/h4-7H,1-3H3. The Morgan fingerprint density at radius 1 is 1.14 bits per heavy atom. The van der Waals surface area contributed by atoms with Crippen molar-refractivity contribution in [3.63, 3.8) is 0 Å². The summed E-state index contributed by atoms with van der Waals surface area (Å²) in [5.41, 5.74) is -1.46. The highest BCUT2D eigenvalue weighted by Crippen LogP contribution is 2.37. The molecular formula is C14H13BrF3NO2. The number of carbonyl (C=O) groups excluding carboxylic acids is 1. The number of ether oxygens (including phenoxy) is 1. The number of aromatic nitrogens is 1. The van der Waals surface area contributed by atoms with Gasteiger partial charge in [0.2, 0.25) is 0 Å². The van der Waals surface area contributed by atoms with Crippen molar-refractivity contribution in [2.75, 3.05) is 0 Å². The molecule has 0 unspecified atom stereocenters. The smallest absolute Gasteiger partial charge is 0.418 e. The van der Waals surface area contributed by atoms with Crippen LogP contribution in [0.5, 0.6) is 0 Å². The zero-order chi connectivity index (χ0) is 16.0. The first-order valence-electron chi connectivity index (χ1n) is 6.09. The lowest BCUT2D eigenvalue weighted by Crippen LogP contribution is -2.26. The van der Waals surface area contributed by atoms with Crippen LogP contribution in [0.3, 0.4) is 0 Å². The van der Waals surface area contributed by atoms with Crippen LogP contribution in [0.2, 0.25) is 0 Å². The molecule has 0 amide bonds. The van der Waals surface area contributed by atoms with Crippen LogP contribution in [0.4, 0.5) is 18.0 Å². The second-order valence-electron chi connectivity index (χ2n) is 5.60. The van der Waals surface area contributed by atoms with E-state index < -0.39 is 23.4 Å². The molecule has 21 heavy (non-hydrogen) atoms. The quantitative estimate of drug-likeness (QED) is 0.643. The Hall–Kier alpha value is -1.50. The largest absolute Gasteiger partial charge is 0.443 e. The number of fused-ring (bicyclic) bond motifs is 1. The number of halogens is 4. The molecule has 2 rings (SSSR count). The third kappa shape index (κ3) is 3.58. The zero-order valence-electron chi connectivity index (χ0n) is 11.6. The van der Waals surface area contributed by atoms with E-state index in [0.717, 1.165) is 10.6 Å². The average molecular weight is 364 g/mol. The van der Waals surface area contributed by atoms with Crippen LogP contribution < -0.4 is 0 Å². The van der Waals surface area contributed by atoms with E-state index in [9.17, 15) is 18.0 Å². The minimum atomic E-state index is -4.46. The second kappa shape index (κ2) is 5.05. The van der Waals surface area contributed by atoms with Gasteiger partial charge in [0.25, 0.3) is 0 Å². The van der Waals surface area contributed by atoms with Gasteiger partial charge in [-0.2, -0.15) is 13.2 Å². The van der Waals surface area contributed by atoms with Gasteiger partial charge in [-0.1, -0.05) is 15.9 Å². The van der Waals surface area contributed by atoms with Gasteiger partial charge >= 0.3 is 12.3 Å². The normalized spacial score (nSPS) is 12.7. The number of benzene rings is 1. The van der Waals surface area contributed by atoms with Crippen molar-refractivity contribution in [1.29, 1.82) is 0 Å². The molecule has 0 saturated heterocycles.